The molecule has 0 radical (unpaired) electrons. The van der Waals surface area contributed by atoms with Gasteiger partial charge in [0, 0.05) is 25.7 Å². The second kappa shape index (κ2) is 74.5. The number of ether oxygens (including phenoxy) is 4. The van der Waals surface area contributed by atoms with Crippen molar-refractivity contribution >= 4 is 39.5 Å². The van der Waals surface area contributed by atoms with Crippen LogP contribution in [0.4, 0.5) is 0 Å². The predicted molar refractivity (Wildman–Crippen MR) is 418 cm³/mol. The molecule has 0 heterocycles. The van der Waals surface area contributed by atoms with Gasteiger partial charge in [-0.1, -0.05) is 388 Å². The number of phosphoric acid groups is 2. The molecule has 0 aromatic carbocycles. The summed E-state index contributed by atoms with van der Waals surface area (Å²) in [5.74, 6) is -0.630. The summed E-state index contributed by atoms with van der Waals surface area (Å²) in [6.45, 7) is 9.60. The maximum atomic E-state index is 13.1. The van der Waals surface area contributed by atoms with Gasteiger partial charge in [0.1, 0.15) is 19.3 Å². The van der Waals surface area contributed by atoms with Crippen LogP contribution in [-0.4, -0.2) is 96.7 Å². The summed E-state index contributed by atoms with van der Waals surface area (Å²) in [5.41, 5.74) is 0. The van der Waals surface area contributed by atoms with Gasteiger partial charge in [0.05, 0.1) is 26.4 Å². The number of aliphatic hydroxyl groups excluding tert-OH is 1. The second-order valence-corrected chi connectivity index (χ2v) is 33.7. The van der Waals surface area contributed by atoms with Gasteiger partial charge in [0.15, 0.2) is 12.2 Å². The van der Waals surface area contributed by atoms with Crippen LogP contribution in [0.25, 0.3) is 0 Å². The van der Waals surface area contributed by atoms with E-state index in [1.54, 1.807) is 0 Å². The van der Waals surface area contributed by atoms with Gasteiger partial charge in [-0.2, -0.15) is 0 Å². The molecule has 0 aliphatic heterocycles. The SMILES string of the molecule is CCCCCCCCCCCCCCCCCCCCCCCCC(=O)O[C@H](COC(=O)CCCCCCCCCCCCCCCCCC)COP(=O)(O)OC[C@@H](O)COP(=O)(O)OC[C@@H](COC(=O)CCCCCCCCCCC(C)C)OC(=O)CCCCCCCCCCCCC(C)C. The zero-order valence-electron chi connectivity index (χ0n) is 66.9. The molecule has 0 rings (SSSR count). The van der Waals surface area contributed by atoms with Crippen molar-refractivity contribution in [3.05, 3.63) is 0 Å². The third kappa shape index (κ3) is 76.3. The van der Waals surface area contributed by atoms with Crippen molar-refractivity contribution in [2.45, 2.75) is 458 Å². The van der Waals surface area contributed by atoms with E-state index in [2.05, 4.69) is 41.5 Å². The molecule has 17 nitrogen and oxygen atoms in total. The second-order valence-electron chi connectivity index (χ2n) is 30.8. The van der Waals surface area contributed by atoms with Crippen LogP contribution in [0.3, 0.4) is 0 Å². The summed E-state index contributed by atoms with van der Waals surface area (Å²) < 4.78 is 68.8. The van der Waals surface area contributed by atoms with Crippen molar-refractivity contribution in [3.8, 4) is 0 Å². The third-order valence-electron chi connectivity index (χ3n) is 19.5. The summed E-state index contributed by atoms with van der Waals surface area (Å²) in [4.78, 5) is 73.1. The van der Waals surface area contributed by atoms with Crippen LogP contribution in [0.2, 0.25) is 0 Å². The number of hydrogen-bond acceptors (Lipinski definition) is 15. The van der Waals surface area contributed by atoms with E-state index in [1.807, 2.05) is 0 Å². The summed E-state index contributed by atoms with van der Waals surface area (Å²) in [5, 5.41) is 10.7. The quantitative estimate of drug-likeness (QED) is 0.0222. The van der Waals surface area contributed by atoms with Gasteiger partial charge in [-0.25, -0.2) is 9.13 Å². The summed E-state index contributed by atoms with van der Waals surface area (Å²) in [6, 6.07) is 0. The summed E-state index contributed by atoms with van der Waals surface area (Å²) in [7, 11) is -9.92. The first kappa shape index (κ1) is 100. The van der Waals surface area contributed by atoms with Crippen LogP contribution >= 0.6 is 15.6 Å². The molecule has 0 spiro atoms. The lowest BCUT2D eigenvalue weighted by Gasteiger charge is -2.21. The Bertz CT molecular complexity index is 1960. The van der Waals surface area contributed by atoms with Crippen molar-refractivity contribution in [2.24, 2.45) is 11.8 Å². The molecule has 0 bridgehead atoms. The number of phosphoric ester groups is 2. The molecular weight excluding hydrogens is 1330 g/mol. The first-order valence-corrected chi connectivity index (χ1v) is 46.0. The number of rotatable bonds is 82. The van der Waals surface area contributed by atoms with E-state index < -0.39 is 97.5 Å². The van der Waals surface area contributed by atoms with Crippen LogP contribution in [0.1, 0.15) is 440 Å². The number of carbonyl (C=O) groups is 4. The summed E-state index contributed by atoms with van der Waals surface area (Å²) >= 11 is 0. The molecule has 19 heteroatoms. The average Bonchev–Trinajstić information content (AvgIpc) is 0.945. The molecule has 0 aromatic rings. The fourth-order valence-corrected chi connectivity index (χ4v) is 14.5. The molecular formula is C83H162O17P2. The molecule has 0 saturated carbocycles. The van der Waals surface area contributed by atoms with Crippen molar-refractivity contribution < 1.29 is 80.2 Å². The minimum Gasteiger partial charge on any atom is -0.462 e. The van der Waals surface area contributed by atoms with E-state index in [-0.39, 0.29) is 25.7 Å². The Kier molecular flexibility index (Phi) is 73.1. The van der Waals surface area contributed by atoms with E-state index >= 15 is 0 Å². The van der Waals surface area contributed by atoms with E-state index in [0.29, 0.717) is 25.7 Å². The number of hydrogen-bond donors (Lipinski definition) is 3. The highest BCUT2D eigenvalue weighted by atomic mass is 31.2. The molecule has 3 N–H and O–H groups in total. The lowest BCUT2D eigenvalue weighted by atomic mass is 10.0. The van der Waals surface area contributed by atoms with E-state index in [9.17, 15) is 43.2 Å². The topological polar surface area (TPSA) is 237 Å². The molecule has 606 valence electrons. The average molecular weight is 1490 g/mol. The number of aliphatic hydroxyl groups is 1. The number of esters is 4. The van der Waals surface area contributed by atoms with E-state index in [1.165, 1.54) is 257 Å². The van der Waals surface area contributed by atoms with Crippen LogP contribution in [-0.2, 0) is 65.4 Å². The van der Waals surface area contributed by atoms with Gasteiger partial charge in [0.25, 0.3) is 0 Å². The van der Waals surface area contributed by atoms with Gasteiger partial charge < -0.3 is 33.8 Å². The monoisotopic (exact) mass is 1490 g/mol. The minimum atomic E-state index is -4.96. The van der Waals surface area contributed by atoms with Crippen LogP contribution in [0.15, 0.2) is 0 Å². The van der Waals surface area contributed by atoms with Gasteiger partial charge in [-0.15, -0.1) is 0 Å². The molecule has 5 atom stereocenters. The van der Waals surface area contributed by atoms with Gasteiger partial charge in [-0.05, 0) is 37.5 Å². The van der Waals surface area contributed by atoms with Gasteiger partial charge in [-0.3, -0.25) is 37.3 Å². The Labute approximate surface area is 626 Å². The highest BCUT2D eigenvalue weighted by molar-refractivity contribution is 7.47. The zero-order valence-corrected chi connectivity index (χ0v) is 68.7. The highest BCUT2D eigenvalue weighted by Crippen LogP contribution is 2.45. The maximum Gasteiger partial charge on any atom is 0.472 e. The predicted octanol–water partition coefficient (Wildman–Crippen LogP) is 25.1. The fourth-order valence-electron chi connectivity index (χ4n) is 12.9. The maximum absolute atomic E-state index is 13.1. The van der Waals surface area contributed by atoms with Gasteiger partial charge >= 0.3 is 39.5 Å². The van der Waals surface area contributed by atoms with Crippen molar-refractivity contribution in [3.63, 3.8) is 0 Å². The number of carbonyl (C=O) groups excluding carboxylic acids is 4. The Balaban J connectivity index is 5.22. The molecule has 0 aliphatic carbocycles. The summed E-state index contributed by atoms with van der Waals surface area (Å²) in [6.07, 6.45) is 65.4. The molecule has 102 heavy (non-hydrogen) atoms. The van der Waals surface area contributed by atoms with Crippen molar-refractivity contribution in [1.82, 2.24) is 0 Å². The first-order valence-electron chi connectivity index (χ1n) is 43.0. The Morgan fingerprint density at radius 2 is 0.451 bits per heavy atom. The van der Waals surface area contributed by atoms with Gasteiger partial charge in [0.2, 0.25) is 0 Å². The Morgan fingerprint density at radius 3 is 0.667 bits per heavy atom. The van der Waals surface area contributed by atoms with Crippen LogP contribution in [0.5, 0.6) is 0 Å². The standard InChI is InChI=1S/C83H162O17P2/c1-7-9-11-13-15-17-19-21-23-25-26-27-28-29-30-32-34-36-41-49-55-61-67-82(87)99-78(71-93-80(85)65-59-53-47-40-35-33-31-24-22-20-18-16-14-12-10-8-2)73-97-101(89,90)95-69-77(84)70-96-102(91,92)98-74-79(72-94-81(86)66-60-54-48-44-43-46-52-58-64-76(5)6)100-83(88)68-62-56-50-42-38-37-39-45-51-57-63-75(3)4/h75-79,84H,7-74H2,1-6H3,(H,89,90)(H,91,92)/t77-,78-,79-/m1/s1. The molecule has 0 saturated heterocycles. The van der Waals surface area contributed by atoms with Crippen molar-refractivity contribution in [2.75, 3.05) is 39.6 Å². The fraction of sp³-hybridized carbons (Fsp3) is 0.952. The molecule has 0 aromatic heterocycles. The lowest BCUT2D eigenvalue weighted by molar-refractivity contribution is -0.161. The number of unbranched alkanes of at least 4 members (excludes halogenated alkanes) is 52. The van der Waals surface area contributed by atoms with E-state index in [0.717, 1.165) is 102 Å². The van der Waals surface area contributed by atoms with Crippen LogP contribution in [0, 0.1) is 11.8 Å². The van der Waals surface area contributed by atoms with E-state index in [4.69, 9.17) is 37.0 Å². The molecule has 2 unspecified atom stereocenters. The largest absolute Gasteiger partial charge is 0.472 e. The Morgan fingerprint density at radius 1 is 0.265 bits per heavy atom. The minimum absolute atomic E-state index is 0.106. The third-order valence-corrected chi connectivity index (χ3v) is 21.4. The smallest absolute Gasteiger partial charge is 0.462 e. The highest BCUT2D eigenvalue weighted by Gasteiger charge is 2.30. The Hall–Kier alpha value is -1.94. The molecule has 0 amide bonds. The van der Waals surface area contributed by atoms with Crippen molar-refractivity contribution in [1.29, 1.82) is 0 Å². The zero-order chi connectivity index (χ0) is 74.9. The van der Waals surface area contributed by atoms with Crippen LogP contribution < -0.4 is 0 Å². The lowest BCUT2D eigenvalue weighted by Crippen LogP contribution is -2.30. The molecule has 0 fully saturated rings. The normalized spacial score (nSPS) is 13.9. The molecule has 0 aliphatic rings. The first-order chi connectivity index (χ1) is 49.4.